The minimum atomic E-state index is 0.0817. The highest BCUT2D eigenvalue weighted by Crippen LogP contribution is 2.49. The fourth-order valence-corrected chi connectivity index (χ4v) is 6.06. The van der Waals surface area contributed by atoms with E-state index in [4.69, 9.17) is 4.42 Å². The number of piperidine rings is 1. The van der Waals surface area contributed by atoms with E-state index in [9.17, 15) is 4.79 Å². The summed E-state index contributed by atoms with van der Waals surface area (Å²) in [5.74, 6) is 2.01. The second kappa shape index (κ2) is 8.54. The molecular formula is C25H33N3O2. The van der Waals surface area contributed by atoms with Crippen molar-refractivity contribution in [1.82, 2.24) is 14.8 Å². The highest BCUT2D eigenvalue weighted by molar-refractivity contribution is 5.94. The third-order valence-electron chi connectivity index (χ3n) is 7.80. The van der Waals surface area contributed by atoms with Gasteiger partial charge in [-0.15, -0.1) is 0 Å². The monoisotopic (exact) mass is 407 g/mol. The van der Waals surface area contributed by atoms with Crippen LogP contribution in [0.5, 0.6) is 0 Å². The first-order chi connectivity index (χ1) is 14.7. The van der Waals surface area contributed by atoms with Gasteiger partial charge in [-0.2, -0.15) is 0 Å². The van der Waals surface area contributed by atoms with E-state index in [1.54, 1.807) is 12.5 Å². The van der Waals surface area contributed by atoms with Crippen molar-refractivity contribution in [1.29, 1.82) is 0 Å². The zero-order valence-electron chi connectivity index (χ0n) is 17.8. The topological polar surface area (TPSA) is 49.6 Å². The maximum absolute atomic E-state index is 13.2. The average Bonchev–Trinajstić information content (AvgIpc) is 3.45. The maximum atomic E-state index is 13.2. The van der Waals surface area contributed by atoms with E-state index < -0.39 is 0 Å². The van der Waals surface area contributed by atoms with Crippen molar-refractivity contribution >= 4 is 5.91 Å². The molecule has 5 nitrogen and oxygen atoms in total. The van der Waals surface area contributed by atoms with Crippen LogP contribution in [0.1, 0.15) is 67.1 Å². The van der Waals surface area contributed by atoms with Crippen molar-refractivity contribution in [2.45, 2.75) is 50.9 Å². The molecule has 1 amide bonds. The summed E-state index contributed by atoms with van der Waals surface area (Å²) in [6.45, 7) is 5.02. The van der Waals surface area contributed by atoms with Crippen LogP contribution in [0.25, 0.3) is 0 Å². The Hall–Kier alpha value is -2.14. The molecule has 1 spiro atoms. The number of rotatable bonds is 4. The van der Waals surface area contributed by atoms with Crippen molar-refractivity contribution < 1.29 is 9.21 Å². The van der Waals surface area contributed by atoms with Crippen LogP contribution in [0.15, 0.2) is 47.2 Å². The van der Waals surface area contributed by atoms with Gasteiger partial charge in [0.15, 0.2) is 5.89 Å². The van der Waals surface area contributed by atoms with Crippen LogP contribution in [-0.2, 0) is 0 Å². The number of amides is 1. The molecule has 3 fully saturated rings. The van der Waals surface area contributed by atoms with Crippen LogP contribution in [0.4, 0.5) is 0 Å². The molecule has 1 aliphatic carbocycles. The van der Waals surface area contributed by atoms with Crippen LogP contribution in [0.3, 0.4) is 0 Å². The van der Waals surface area contributed by atoms with Crippen LogP contribution >= 0.6 is 0 Å². The van der Waals surface area contributed by atoms with Crippen molar-refractivity contribution in [3.8, 4) is 0 Å². The molecule has 2 aromatic rings. The third kappa shape index (κ3) is 3.92. The molecule has 5 rings (SSSR count). The van der Waals surface area contributed by atoms with Crippen LogP contribution in [0.2, 0.25) is 0 Å². The molecule has 0 bridgehead atoms. The fraction of sp³-hybridized carbons (Fsp3) is 0.600. The molecule has 3 aliphatic rings. The molecule has 3 heterocycles. The van der Waals surface area contributed by atoms with E-state index in [1.807, 2.05) is 35.2 Å². The summed E-state index contributed by atoms with van der Waals surface area (Å²) in [7, 11) is 0. The van der Waals surface area contributed by atoms with E-state index in [-0.39, 0.29) is 17.2 Å². The Kier molecular flexibility index (Phi) is 5.64. The lowest BCUT2D eigenvalue weighted by Crippen LogP contribution is -2.45. The first kappa shape index (κ1) is 19.8. The quantitative estimate of drug-likeness (QED) is 0.745. The minimum absolute atomic E-state index is 0.0817. The van der Waals surface area contributed by atoms with Gasteiger partial charge in [-0.25, -0.2) is 4.98 Å². The summed E-state index contributed by atoms with van der Waals surface area (Å²) in [6, 6.07) is 9.67. The molecule has 2 aliphatic heterocycles. The number of hydrogen-bond acceptors (Lipinski definition) is 4. The number of oxazole rings is 1. The lowest BCUT2D eigenvalue weighted by Gasteiger charge is -2.43. The molecule has 1 unspecified atom stereocenters. The molecule has 1 atom stereocenters. The Bertz CT molecular complexity index is 821. The van der Waals surface area contributed by atoms with Crippen molar-refractivity contribution in [3.05, 3.63) is 54.2 Å². The second-order valence-electron chi connectivity index (χ2n) is 9.64. The molecule has 160 valence electrons. The number of carbonyl (C=O) groups excluding carboxylic acids is 1. The summed E-state index contributed by atoms with van der Waals surface area (Å²) in [4.78, 5) is 22.4. The number of likely N-dealkylation sites (tertiary alicyclic amines) is 2. The van der Waals surface area contributed by atoms with Crippen LogP contribution in [0, 0.1) is 11.3 Å². The van der Waals surface area contributed by atoms with E-state index in [1.165, 1.54) is 38.6 Å². The van der Waals surface area contributed by atoms with Crippen molar-refractivity contribution in [2.24, 2.45) is 11.3 Å². The smallest absolute Gasteiger partial charge is 0.253 e. The molecule has 30 heavy (non-hydrogen) atoms. The van der Waals surface area contributed by atoms with Gasteiger partial charge in [0.05, 0.1) is 12.1 Å². The van der Waals surface area contributed by atoms with Gasteiger partial charge < -0.3 is 14.2 Å². The van der Waals surface area contributed by atoms with E-state index in [0.717, 1.165) is 49.8 Å². The summed E-state index contributed by atoms with van der Waals surface area (Å²) in [5, 5.41) is 0. The van der Waals surface area contributed by atoms with E-state index in [0.29, 0.717) is 6.54 Å². The number of aromatic nitrogens is 1. The van der Waals surface area contributed by atoms with Crippen LogP contribution < -0.4 is 0 Å². The number of carbonyl (C=O) groups is 1. The lowest BCUT2D eigenvalue weighted by atomic mass is 9.70. The number of nitrogens with zero attached hydrogens (tertiary/aromatic N) is 3. The molecule has 2 saturated heterocycles. The van der Waals surface area contributed by atoms with Gasteiger partial charge >= 0.3 is 0 Å². The largest absolute Gasteiger partial charge is 0.449 e. The van der Waals surface area contributed by atoms with Crippen LogP contribution in [-0.4, -0.2) is 53.4 Å². The highest BCUT2D eigenvalue weighted by Gasteiger charge is 2.51. The first-order valence-corrected chi connectivity index (χ1v) is 11.7. The molecule has 5 heteroatoms. The molecule has 0 N–H and O–H groups in total. The minimum Gasteiger partial charge on any atom is -0.449 e. The predicted molar refractivity (Wildman–Crippen MR) is 116 cm³/mol. The highest BCUT2D eigenvalue weighted by atomic mass is 16.3. The third-order valence-corrected chi connectivity index (χ3v) is 7.80. The first-order valence-electron chi connectivity index (χ1n) is 11.7. The standard InChI is InChI=1S/C25H33N3O2/c29-24(21-9-5-2-6-10-21)28-18-22(23-26-13-16-30-23)25(19-28)11-14-27(15-12-25)17-20-7-3-1-4-8-20/h2,5-6,9-10,13,16,20,22H,1,3-4,7-8,11-12,14-15,17-19H2. The van der Waals surface area contributed by atoms with E-state index in [2.05, 4.69) is 9.88 Å². The maximum Gasteiger partial charge on any atom is 0.253 e. The Morgan fingerprint density at radius 3 is 2.57 bits per heavy atom. The fourth-order valence-electron chi connectivity index (χ4n) is 6.06. The molecule has 0 radical (unpaired) electrons. The molecule has 1 aromatic carbocycles. The zero-order valence-corrected chi connectivity index (χ0v) is 17.8. The Morgan fingerprint density at radius 1 is 1.10 bits per heavy atom. The SMILES string of the molecule is O=C(c1ccccc1)N1CC(c2ncco2)C2(CCN(CC3CCCCC3)CC2)C1. The van der Waals surface area contributed by atoms with Crippen molar-refractivity contribution in [2.75, 3.05) is 32.7 Å². The van der Waals surface area contributed by atoms with Gasteiger partial charge in [0.2, 0.25) is 0 Å². The summed E-state index contributed by atoms with van der Waals surface area (Å²) >= 11 is 0. The average molecular weight is 408 g/mol. The number of hydrogen-bond donors (Lipinski definition) is 0. The summed E-state index contributed by atoms with van der Waals surface area (Å²) < 4.78 is 5.76. The zero-order chi connectivity index (χ0) is 20.4. The second-order valence-corrected chi connectivity index (χ2v) is 9.64. The Morgan fingerprint density at radius 2 is 1.87 bits per heavy atom. The van der Waals surface area contributed by atoms with Gasteiger partial charge in [0.1, 0.15) is 6.26 Å². The van der Waals surface area contributed by atoms with Gasteiger partial charge in [-0.1, -0.05) is 37.5 Å². The number of benzene rings is 1. The summed E-state index contributed by atoms with van der Waals surface area (Å²) in [5.41, 5.74) is 0.855. The lowest BCUT2D eigenvalue weighted by molar-refractivity contribution is 0.0651. The molecule has 1 aromatic heterocycles. The van der Waals surface area contributed by atoms with E-state index >= 15 is 0 Å². The van der Waals surface area contributed by atoms with Gasteiger partial charge in [-0.3, -0.25) is 4.79 Å². The predicted octanol–water partition coefficient (Wildman–Crippen LogP) is 4.58. The molecular weight excluding hydrogens is 374 g/mol. The molecule has 1 saturated carbocycles. The Balaban J connectivity index is 1.30. The van der Waals surface area contributed by atoms with Gasteiger partial charge in [0.25, 0.3) is 5.91 Å². The normalized spacial score (nSPS) is 25.1. The van der Waals surface area contributed by atoms with Crippen molar-refractivity contribution in [3.63, 3.8) is 0 Å². The van der Waals surface area contributed by atoms with Gasteiger partial charge in [-0.05, 0) is 56.8 Å². The Labute approximate surface area is 179 Å². The summed E-state index contributed by atoms with van der Waals surface area (Å²) in [6.07, 6.45) is 12.7. The van der Waals surface area contributed by atoms with Gasteiger partial charge in [0, 0.05) is 30.6 Å².